The fourth-order valence-corrected chi connectivity index (χ4v) is 7.25. The molecule has 0 fully saturated rings. The quantitative estimate of drug-likeness (QED) is 0.180. The Morgan fingerprint density at radius 3 is 1.56 bits per heavy atom. The lowest BCUT2D eigenvalue weighted by Gasteiger charge is -2.24. The number of benzene rings is 8. The molecule has 0 bridgehead atoms. The van der Waals surface area contributed by atoms with Gasteiger partial charge < -0.3 is 5.32 Å². The second-order valence-corrected chi connectivity index (χ2v) is 12.9. The van der Waals surface area contributed by atoms with E-state index < -0.39 is 0 Å². The van der Waals surface area contributed by atoms with E-state index in [0.717, 1.165) is 39.2 Å². The summed E-state index contributed by atoms with van der Waals surface area (Å²) in [5, 5.41) is 17.9. The summed E-state index contributed by atoms with van der Waals surface area (Å²) >= 11 is 0. The Hall–Kier alpha value is -7.09. The summed E-state index contributed by atoms with van der Waals surface area (Å²) in [6.07, 6.45) is -0.352. The van der Waals surface area contributed by atoms with Crippen LogP contribution in [0.25, 0.3) is 54.9 Å². The summed E-state index contributed by atoms with van der Waals surface area (Å²) in [6, 6.07) is 65.3. The molecule has 52 heavy (non-hydrogen) atoms. The molecule has 4 heteroatoms. The average Bonchev–Trinajstić information content (AvgIpc) is 3.24. The van der Waals surface area contributed by atoms with Gasteiger partial charge in [-0.25, -0.2) is 9.98 Å². The van der Waals surface area contributed by atoms with Crippen molar-refractivity contribution in [3.8, 4) is 39.4 Å². The Morgan fingerprint density at radius 1 is 0.442 bits per heavy atom. The highest BCUT2D eigenvalue weighted by Crippen LogP contribution is 2.44. The summed E-state index contributed by atoms with van der Waals surface area (Å²) in [5.74, 6) is 1.44. The van der Waals surface area contributed by atoms with Crippen molar-refractivity contribution in [2.75, 3.05) is 0 Å². The molecule has 0 saturated carbocycles. The van der Waals surface area contributed by atoms with Gasteiger partial charge in [-0.05, 0) is 78.7 Å². The van der Waals surface area contributed by atoms with Crippen molar-refractivity contribution in [3.63, 3.8) is 0 Å². The smallest absolute Gasteiger partial charge is 0.159 e. The van der Waals surface area contributed by atoms with Gasteiger partial charge in [-0.15, -0.1) is 0 Å². The third-order valence-corrected chi connectivity index (χ3v) is 9.77. The van der Waals surface area contributed by atoms with Crippen molar-refractivity contribution < 1.29 is 0 Å². The number of rotatable bonds is 6. The Kier molecular flexibility index (Phi) is 7.92. The number of nitrogens with zero attached hydrogens (tertiary/aromatic N) is 3. The van der Waals surface area contributed by atoms with Crippen LogP contribution < -0.4 is 5.32 Å². The van der Waals surface area contributed by atoms with E-state index in [1.807, 2.05) is 42.5 Å². The molecule has 8 aromatic rings. The number of nitriles is 1. The van der Waals surface area contributed by atoms with Crippen LogP contribution in [-0.2, 0) is 0 Å². The summed E-state index contributed by atoms with van der Waals surface area (Å²) in [5.41, 5.74) is 10.5. The molecule has 0 radical (unpaired) electrons. The molecule has 1 unspecified atom stereocenters. The first-order valence-electron chi connectivity index (χ1n) is 17.4. The van der Waals surface area contributed by atoms with Crippen LogP contribution in [0.2, 0.25) is 0 Å². The predicted octanol–water partition coefficient (Wildman–Crippen LogP) is 11.4. The molecular weight excluding hydrogens is 633 g/mol. The van der Waals surface area contributed by atoms with Gasteiger partial charge in [0.1, 0.15) is 12.0 Å². The van der Waals surface area contributed by atoms with Gasteiger partial charge in [0.15, 0.2) is 5.84 Å². The van der Waals surface area contributed by atoms with Crippen molar-refractivity contribution in [2.45, 2.75) is 6.17 Å². The van der Waals surface area contributed by atoms with Crippen molar-refractivity contribution in [3.05, 3.63) is 204 Å². The van der Waals surface area contributed by atoms with Crippen LogP contribution in [-0.4, -0.2) is 11.7 Å². The number of hydrogen-bond donors (Lipinski definition) is 1. The zero-order chi connectivity index (χ0) is 34.9. The first-order chi connectivity index (χ1) is 25.7. The van der Waals surface area contributed by atoms with E-state index in [-0.39, 0.29) is 6.17 Å². The lowest BCUT2D eigenvalue weighted by molar-refractivity contribution is 0.674. The molecule has 1 aliphatic heterocycles. The summed E-state index contributed by atoms with van der Waals surface area (Å²) in [6.45, 7) is 0. The highest BCUT2D eigenvalue weighted by molar-refractivity contribution is 6.21. The zero-order valence-electron chi connectivity index (χ0n) is 28.2. The minimum atomic E-state index is -0.352. The normalized spacial score (nSPS) is 13.9. The van der Waals surface area contributed by atoms with Crippen molar-refractivity contribution in [2.24, 2.45) is 9.98 Å². The molecule has 0 aliphatic carbocycles. The highest BCUT2D eigenvalue weighted by Gasteiger charge is 2.22. The van der Waals surface area contributed by atoms with Gasteiger partial charge >= 0.3 is 0 Å². The molecule has 1 aliphatic rings. The third-order valence-electron chi connectivity index (χ3n) is 9.77. The van der Waals surface area contributed by atoms with Gasteiger partial charge in [-0.2, -0.15) is 5.26 Å². The molecule has 1 atom stereocenters. The van der Waals surface area contributed by atoms with Crippen molar-refractivity contribution in [1.29, 1.82) is 5.26 Å². The largest absolute Gasteiger partial charge is 0.344 e. The number of hydrogen-bond acceptors (Lipinski definition) is 4. The topological polar surface area (TPSA) is 60.5 Å². The number of amidine groups is 2. The zero-order valence-corrected chi connectivity index (χ0v) is 28.2. The summed E-state index contributed by atoms with van der Waals surface area (Å²) < 4.78 is 0. The Morgan fingerprint density at radius 2 is 0.942 bits per heavy atom. The Balaban J connectivity index is 1.14. The van der Waals surface area contributed by atoms with Gasteiger partial charge in [0.05, 0.1) is 11.6 Å². The molecular formula is C48H32N4. The van der Waals surface area contributed by atoms with E-state index in [0.29, 0.717) is 11.4 Å². The van der Waals surface area contributed by atoms with Crippen LogP contribution in [0, 0.1) is 11.3 Å². The minimum Gasteiger partial charge on any atom is -0.344 e. The summed E-state index contributed by atoms with van der Waals surface area (Å²) in [4.78, 5) is 10.2. The predicted molar refractivity (Wildman–Crippen MR) is 214 cm³/mol. The van der Waals surface area contributed by atoms with E-state index in [1.54, 1.807) is 0 Å². The van der Waals surface area contributed by atoms with Crippen molar-refractivity contribution in [1.82, 2.24) is 5.32 Å². The van der Waals surface area contributed by atoms with Crippen LogP contribution in [0.15, 0.2) is 192 Å². The van der Waals surface area contributed by atoms with Gasteiger partial charge in [0.25, 0.3) is 0 Å². The van der Waals surface area contributed by atoms with Gasteiger partial charge in [0.2, 0.25) is 0 Å². The third kappa shape index (κ3) is 5.71. The maximum Gasteiger partial charge on any atom is 0.159 e. The molecule has 1 heterocycles. The minimum absolute atomic E-state index is 0.352. The molecule has 4 nitrogen and oxygen atoms in total. The molecule has 9 rings (SSSR count). The van der Waals surface area contributed by atoms with E-state index in [1.165, 1.54) is 38.2 Å². The molecule has 1 N–H and O–H groups in total. The molecule has 0 amide bonds. The molecule has 0 saturated heterocycles. The molecule has 8 aromatic carbocycles. The molecule has 0 spiro atoms. The Bertz CT molecular complexity index is 2690. The van der Waals surface area contributed by atoms with Crippen molar-refractivity contribution >= 4 is 33.2 Å². The lowest BCUT2D eigenvalue weighted by Crippen LogP contribution is -2.33. The second kappa shape index (κ2) is 13.3. The van der Waals surface area contributed by atoms with Gasteiger partial charge in [0, 0.05) is 11.1 Å². The Labute approximate surface area is 302 Å². The number of aliphatic imine (C=N–C) groups is 2. The standard InChI is InChI=1S/C48H32N4/c49-31-32-22-24-33(25-23-32)38-16-11-17-39(30-38)48-51-46(36-14-5-2-6-15-36)50-47(52-48)37-28-26-35(27-29-37)45-43-21-10-8-19-41(43)40-18-7-9-20-42(40)44(45)34-12-3-1-4-13-34/h1-30,48H,(H,50,51,52). The van der Waals surface area contributed by atoms with E-state index in [9.17, 15) is 5.26 Å². The van der Waals surface area contributed by atoms with E-state index in [4.69, 9.17) is 9.98 Å². The van der Waals surface area contributed by atoms with E-state index in [2.05, 4.69) is 151 Å². The lowest BCUT2D eigenvalue weighted by atomic mass is 9.85. The average molecular weight is 665 g/mol. The maximum absolute atomic E-state index is 9.28. The fraction of sp³-hybridized carbons (Fsp3) is 0.0208. The monoisotopic (exact) mass is 664 g/mol. The van der Waals surface area contributed by atoms with Crippen LogP contribution in [0.1, 0.15) is 28.4 Å². The highest BCUT2D eigenvalue weighted by atomic mass is 15.2. The number of fused-ring (bicyclic) bond motifs is 3. The first kappa shape index (κ1) is 30.9. The molecule has 0 aromatic heterocycles. The fourth-order valence-electron chi connectivity index (χ4n) is 7.25. The number of nitrogens with one attached hydrogen (secondary N) is 1. The first-order valence-corrected chi connectivity index (χ1v) is 17.4. The van der Waals surface area contributed by atoms with Crippen LogP contribution in [0.3, 0.4) is 0 Å². The second-order valence-electron chi connectivity index (χ2n) is 12.9. The maximum atomic E-state index is 9.28. The van der Waals surface area contributed by atoms with Gasteiger partial charge in [-0.3, -0.25) is 0 Å². The van der Waals surface area contributed by atoms with Gasteiger partial charge in [-0.1, -0.05) is 164 Å². The van der Waals surface area contributed by atoms with Crippen LogP contribution in [0.5, 0.6) is 0 Å². The summed E-state index contributed by atoms with van der Waals surface area (Å²) in [7, 11) is 0. The SMILES string of the molecule is N#Cc1ccc(-c2cccc(C3N=C(c4ccccc4)N=C(c4ccc(-c5c(-c6ccccc6)c6ccccc6c6ccccc56)cc4)N3)c2)cc1. The molecule has 244 valence electrons. The van der Waals surface area contributed by atoms with E-state index >= 15 is 0 Å². The van der Waals surface area contributed by atoms with Crippen LogP contribution in [0.4, 0.5) is 0 Å². The van der Waals surface area contributed by atoms with Crippen LogP contribution >= 0.6 is 0 Å².